The zero-order valence-electron chi connectivity index (χ0n) is 12.1. The maximum Gasteiger partial charge on any atom is 0.340 e. The van der Waals surface area contributed by atoms with Crippen molar-refractivity contribution in [1.82, 2.24) is 9.55 Å². The van der Waals surface area contributed by atoms with Gasteiger partial charge in [0.05, 0.1) is 28.2 Å². The Balaban J connectivity index is 1.56. The highest BCUT2D eigenvalue weighted by molar-refractivity contribution is 7.99. The van der Waals surface area contributed by atoms with Crippen LogP contribution in [0.5, 0.6) is 0 Å². The van der Waals surface area contributed by atoms with Crippen LogP contribution < -0.4 is 0 Å². The molecule has 0 amide bonds. The summed E-state index contributed by atoms with van der Waals surface area (Å²) in [6.07, 6.45) is -0.200. The van der Waals surface area contributed by atoms with Crippen molar-refractivity contribution < 1.29 is 9.53 Å². The summed E-state index contributed by atoms with van der Waals surface area (Å²) in [5.41, 5.74) is 2.43. The lowest BCUT2D eigenvalue weighted by Crippen LogP contribution is -2.29. The predicted octanol–water partition coefficient (Wildman–Crippen LogP) is 4.02. The zero-order chi connectivity index (χ0) is 15.8. The van der Waals surface area contributed by atoms with Crippen molar-refractivity contribution in [3.63, 3.8) is 0 Å². The quantitative estimate of drug-likeness (QED) is 0.659. The highest BCUT2D eigenvalue weighted by Crippen LogP contribution is 2.30. The SMILES string of the molecule is O=C(O[C@@H]1CSc2nc3ccccc3n2C1)c1ccccc1Cl. The van der Waals surface area contributed by atoms with Gasteiger partial charge in [0.25, 0.3) is 0 Å². The zero-order valence-corrected chi connectivity index (χ0v) is 13.7. The normalized spacial score (nSPS) is 17.0. The molecule has 0 saturated heterocycles. The molecule has 1 aromatic heterocycles. The third kappa shape index (κ3) is 2.71. The van der Waals surface area contributed by atoms with Crippen LogP contribution >= 0.6 is 23.4 Å². The van der Waals surface area contributed by atoms with Crippen LogP contribution in [0.4, 0.5) is 0 Å². The standard InChI is InChI=1S/C17H13ClN2O2S/c18-13-6-2-1-5-12(13)16(21)22-11-9-20-15-8-4-3-7-14(15)19-17(20)23-10-11/h1-8,11H,9-10H2/t11-/m0/s1. The monoisotopic (exact) mass is 344 g/mol. The Morgan fingerprint density at radius 1 is 1.22 bits per heavy atom. The van der Waals surface area contributed by atoms with E-state index in [1.165, 1.54) is 0 Å². The molecule has 0 unspecified atom stereocenters. The molecule has 0 spiro atoms. The molecule has 2 heterocycles. The molecule has 3 aromatic rings. The van der Waals surface area contributed by atoms with Gasteiger partial charge >= 0.3 is 5.97 Å². The average molecular weight is 345 g/mol. The second kappa shape index (κ2) is 5.91. The van der Waals surface area contributed by atoms with Gasteiger partial charge in [-0.25, -0.2) is 9.78 Å². The molecule has 1 atom stereocenters. The lowest BCUT2D eigenvalue weighted by Gasteiger charge is -2.24. The molecule has 23 heavy (non-hydrogen) atoms. The summed E-state index contributed by atoms with van der Waals surface area (Å²) in [5.74, 6) is 0.313. The summed E-state index contributed by atoms with van der Waals surface area (Å²) >= 11 is 7.66. The second-order valence-electron chi connectivity index (χ2n) is 5.31. The van der Waals surface area contributed by atoms with Crippen molar-refractivity contribution in [1.29, 1.82) is 0 Å². The summed E-state index contributed by atoms with van der Waals surface area (Å²) in [6, 6.07) is 14.9. The van der Waals surface area contributed by atoms with Crippen LogP contribution in [0, 0.1) is 0 Å². The number of benzene rings is 2. The smallest absolute Gasteiger partial charge is 0.340 e. The number of halogens is 1. The third-order valence-electron chi connectivity index (χ3n) is 3.77. The fourth-order valence-electron chi connectivity index (χ4n) is 2.68. The molecule has 0 fully saturated rings. The number of para-hydroxylation sites is 2. The Kier molecular flexibility index (Phi) is 3.75. The maximum absolute atomic E-state index is 12.3. The summed E-state index contributed by atoms with van der Waals surface area (Å²) < 4.78 is 7.75. The van der Waals surface area contributed by atoms with Gasteiger partial charge in [-0.2, -0.15) is 0 Å². The van der Waals surface area contributed by atoms with Crippen LogP contribution in [-0.4, -0.2) is 27.4 Å². The number of carbonyl (C=O) groups excluding carboxylic acids is 1. The summed E-state index contributed by atoms with van der Waals surface area (Å²) in [5, 5.41) is 1.38. The molecular formula is C17H13ClN2O2S. The predicted molar refractivity (Wildman–Crippen MR) is 91.1 cm³/mol. The number of fused-ring (bicyclic) bond motifs is 3. The largest absolute Gasteiger partial charge is 0.456 e. The minimum absolute atomic E-state index is 0.200. The van der Waals surface area contributed by atoms with E-state index in [2.05, 4.69) is 9.55 Å². The van der Waals surface area contributed by atoms with Crippen molar-refractivity contribution in [2.75, 3.05) is 5.75 Å². The lowest BCUT2D eigenvalue weighted by atomic mass is 10.2. The number of hydrogen-bond acceptors (Lipinski definition) is 4. The van der Waals surface area contributed by atoms with Crippen molar-refractivity contribution in [3.05, 3.63) is 59.1 Å². The fraction of sp³-hybridized carbons (Fsp3) is 0.176. The third-order valence-corrected chi connectivity index (χ3v) is 5.21. The van der Waals surface area contributed by atoms with Crippen molar-refractivity contribution >= 4 is 40.4 Å². The van der Waals surface area contributed by atoms with Crippen molar-refractivity contribution in [2.24, 2.45) is 0 Å². The van der Waals surface area contributed by atoms with E-state index in [9.17, 15) is 4.79 Å². The van der Waals surface area contributed by atoms with E-state index >= 15 is 0 Å². The van der Waals surface area contributed by atoms with Gasteiger partial charge in [0, 0.05) is 5.75 Å². The van der Waals surface area contributed by atoms with E-state index in [1.807, 2.05) is 24.3 Å². The summed E-state index contributed by atoms with van der Waals surface area (Å²) in [7, 11) is 0. The average Bonchev–Trinajstić information content (AvgIpc) is 2.93. The van der Waals surface area contributed by atoms with Crippen molar-refractivity contribution in [2.45, 2.75) is 17.8 Å². The Morgan fingerprint density at radius 2 is 2.00 bits per heavy atom. The van der Waals surface area contributed by atoms with E-state index in [0.29, 0.717) is 22.9 Å². The molecular weight excluding hydrogens is 332 g/mol. The van der Waals surface area contributed by atoms with Gasteiger partial charge in [0.1, 0.15) is 6.10 Å². The second-order valence-corrected chi connectivity index (χ2v) is 6.71. The molecule has 116 valence electrons. The number of imidazole rings is 1. The summed E-state index contributed by atoms with van der Waals surface area (Å²) in [4.78, 5) is 16.9. The molecule has 0 aliphatic carbocycles. The highest BCUT2D eigenvalue weighted by Gasteiger charge is 2.26. The van der Waals surface area contributed by atoms with E-state index < -0.39 is 0 Å². The van der Waals surface area contributed by atoms with E-state index in [-0.39, 0.29) is 12.1 Å². The number of esters is 1. The van der Waals surface area contributed by atoms with Crippen LogP contribution in [0.25, 0.3) is 11.0 Å². The number of aromatic nitrogens is 2. The lowest BCUT2D eigenvalue weighted by molar-refractivity contribution is 0.0307. The van der Waals surface area contributed by atoms with Crippen LogP contribution in [0.15, 0.2) is 53.7 Å². The van der Waals surface area contributed by atoms with Gasteiger partial charge in [0.2, 0.25) is 0 Å². The molecule has 1 aliphatic heterocycles. The first-order valence-corrected chi connectivity index (χ1v) is 8.62. The Hall–Kier alpha value is -1.98. The van der Waals surface area contributed by atoms with Gasteiger partial charge in [-0.15, -0.1) is 0 Å². The number of carbonyl (C=O) groups is 1. The highest BCUT2D eigenvalue weighted by atomic mass is 35.5. The molecule has 6 heteroatoms. The molecule has 0 bridgehead atoms. The number of rotatable bonds is 2. The summed E-state index contributed by atoms with van der Waals surface area (Å²) in [6.45, 7) is 0.610. The Morgan fingerprint density at radius 3 is 2.87 bits per heavy atom. The minimum atomic E-state index is -0.380. The van der Waals surface area contributed by atoms with Gasteiger partial charge in [0.15, 0.2) is 5.16 Å². The van der Waals surface area contributed by atoms with Crippen LogP contribution in [-0.2, 0) is 11.3 Å². The molecule has 4 nitrogen and oxygen atoms in total. The van der Waals surface area contributed by atoms with Gasteiger partial charge in [-0.05, 0) is 24.3 Å². The molecule has 0 radical (unpaired) electrons. The maximum atomic E-state index is 12.3. The molecule has 4 rings (SSSR count). The van der Waals surface area contributed by atoms with Crippen LogP contribution in [0.1, 0.15) is 10.4 Å². The topological polar surface area (TPSA) is 44.1 Å². The van der Waals surface area contributed by atoms with Crippen LogP contribution in [0.2, 0.25) is 5.02 Å². The Labute approximate surface area is 142 Å². The number of ether oxygens (including phenoxy) is 1. The van der Waals surface area contributed by atoms with E-state index in [0.717, 1.165) is 16.2 Å². The first-order valence-electron chi connectivity index (χ1n) is 7.26. The molecule has 0 saturated carbocycles. The molecule has 0 N–H and O–H groups in total. The number of nitrogens with zero attached hydrogens (tertiary/aromatic N) is 2. The molecule has 1 aliphatic rings. The van der Waals surface area contributed by atoms with Gasteiger partial charge in [-0.1, -0.05) is 47.6 Å². The van der Waals surface area contributed by atoms with E-state index in [1.54, 1.807) is 36.0 Å². The first-order chi connectivity index (χ1) is 11.2. The van der Waals surface area contributed by atoms with Crippen LogP contribution in [0.3, 0.4) is 0 Å². The fourth-order valence-corrected chi connectivity index (χ4v) is 3.89. The minimum Gasteiger partial charge on any atom is -0.456 e. The molecule has 2 aromatic carbocycles. The number of hydrogen-bond donors (Lipinski definition) is 0. The Bertz CT molecular complexity index is 893. The first kappa shape index (κ1) is 14.6. The van der Waals surface area contributed by atoms with E-state index in [4.69, 9.17) is 16.3 Å². The van der Waals surface area contributed by atoms with Gasteiger partial charge in [-0.3, -0.25) is 0 Å². The van der Waals surface area contributed by atoms with Gasteiger partial charge < -0.3 is 9.30 Å². The number of thioether (sulfide) groups is 1. The van der Waals surface area contributed by atoms with Crippen molar-refractivity contribution in [3.8, 4) is 0 Å².